The number of ether oxygens (including phenoxy) is 2. The summed E-state index contributed by atoms with van der Waals surface area (Å²) in [6.45, 7) is -1.55. The molecule has 226 valence electrons. The minimum Gasteiger partial charge on any atom is -0.494 e. The molecule has 9 nitrogen and oxygen atoms in total. The number of aromatic nitrogens is 3. The number of alkyl halides is 4. The Kier molecular flexibility index (Phi) is 7.69. The van der Waals surface area contributed by atoms with E-state index in [1.165, 1.54) is 44.5 Å². The van der Waals surface area contributed by atoms with Crippen LogP contribution in [0.5, 0.6) is 11.5 Å². The maximum Gasteiger partial charge on any atom is 0.424 e. The number of methoxy groups -OCH3 is 1. The quantitative estimate of drug-likeness (QED) is 0.257. The molecular formula is C29H25F5N4O5. The average molecular weight is 605 g/mol. The fourth-order valence-electron chi connectivity index (χ4n) is 4.72. The van der Waals surface area contributed by atoms with Gasteiger partial charge >= 0.3 is 6.18 Å². The van der Waals surface area contributed by atoms with Crippen molar-refractivity contribution in [3.8, 4) is 22.8 Å². The number of aliphatic hydroxyl groups excluding tert-OH is 1. The van der Waals surface area contributed by atoms with E-state index < -0.39 is 54.4 Å². The van der Waals surface area contributed by atoms with E-state index in [4.69, 9.17) is 9.47 Å². The third-order valence-corrected chi connectivity index (χ3v) is 7.29. The Morgan fingerprint density at radius 2 is 1.88 bits per heavy atom. The minimum atomic E-state index is -5.36. The zero-order valence-corrected chi connectivity index (χ0v) is 22.8. The van der Waals surface area contributed by atoms with E-state index in [9.17, 15) is 37.0 Å². The Labute approximate surface area is 241 Å². The number of halogens is 5. The first-order valence-electron chi connectivity index (χ1n) is 12.9. The van der Waals surface area contributed by atoms with E-state index in [0.717, 1.165) is 18.2 Å². The lowest BCUT2D eigenvalue weighted by molar-refractivity contribution is -0.265. The summed E-state index contributed by atoms with van der Waals surface area (Å²) in [4.78, 5) is 25.2. The van der Waals surface area contributed by atoms with Crippen LogP contribution in [0.3, 0.4) is 0 Å². The molecule has 2 atom stereocenters. The molecule has 4 aromatic rings. The largest absolute Gasteiger partial charge is 0.494 e. The monoisotopic (exact) mass is 604 g/mol. The Morgan fingerprint density at radius 1 is 1.16 bits per heavy atom. The van der Waals surface area contributed by atoms with Crippen molar-refractivity contribution in [3.63, 3.8) is 0 Å². The van der Waals surface area contributed by atoms with Gasteiger partial charge in [0.15, 0.2) is 5.82 Å². The van der Waals surface area contributed by atoms with Crippen molar-refractivity contribution in [3.05, 3.63) is 77.1 Å². The second kappa shape index (κ2) is 11.0. The molecule has 1 unspecified atom stereocenters. The summed E-state index contributed by atoms with van der Waals surface area (Å²) in [6.07, 6.45) is -4.04. The number of hydrogen-bond donors (Lipinski definition) is 3. The molecule has 3 heterocycles. The van der Waals surface area contributed by atoms with Crippen LogP contribution in [0.1, 0.15) is 34.4 Å². The van der Waals surface area contributed by atoms with Crippen LogP contribution in [0.15, 0.2) is 48.7 Å². The summed E-state index contributed by atoms with van der Waals surface area (Å²) in [5, 5.41) is 22.9. The fourth-order valence-corrected chi connectivity index (χ4v) is 4.72. The van der Waals surface area contributed by atoms with Crippen LogP contribution in [0.4, 0.5) is 22.0 Å². The molecule has 0 spiro atoms. The van der Waals surface area contributed by atoms with Gasteiger partial charge in [0.1, 0.15) is 48.4 Å². The molecule has 5 rings (SSSR count). The summed E-state index contributed by atoms with van der Waals surface area (Å²) in [5.74, 6) is -1.40. The predicted molar refractivity (Wildman–Crippen MR) is 143 cm³/mol. The van der Waals surface area contributed by atoms with Gasteiger partial charge in [-0.2, -0.15) is 13.2 Å². The zero-order chi connectivity index (χ0) is 31.2. The zero-order valence-electron chi connectivity index (χ0n) is 22.8. The highest BCUT2D eigenvalue weighted by Gasteiger charge is 2.57. The number of carbonyl (C=O) groups excluding carboxylic acids is 1. The first kappa shape index (κ1) is 30.0. The highest BCUT2D eigenvalue weighted by atomic mass is 19.4. The third kappa shape index (κ3) is 5.31. The van der Waals surface area contributed by atoms with Gasteiger partial charge in [0.2, 0.25) is 5.60 Å². The molecule has 1 aliphatic heterocycles. The second-order valence-corrected chi connectivity index (χ2v) is 10.3. The number of hydrogen-bond acceptors (Lipinski definition) is 8. The Bertz CT molecular complexity index is 1700. The van der Waals surface area contributed by atoms with Crippen molar-refractivity contribution < 1.29 is 46.4 Å². The van der Waals surface area contributed by atoms with E-state index in [-0.39, 0.29) is 51.8 Å². The first-order valence-corrected chi connectivity index (χ1v) is 12.9. The average Bonchev–Trinajstić information content (AvgIpc) is 3.34. The summed E-state index contributed by atoms with van der Waals surface area (Å²) in [5.41, 5.74) is -5.80. The number of carbonyl (C=O) groups is 1. The number of amides is 1. The van der Waals surface area contributed by atoms with Crippen molar-refractivity contribution in [2.75, 3.05) is 26.9 Å². The van der Waals surface area contributed by atoms with Gasteiger partial charge in [-0.25, -0.2) is 23.7 Å². The molecule has 0 radical (unpaired) electrons. The number of aliphatic hydroxyl groups is 2. The molecule has 43 heavy (non-hydrogen) atoms. The summed E-state index contributed by atoms with van der Waals surface area (Å²) < 4.78 is 82.5. The lowest BCUT2D eigenvalue weighted by Crippen LogP contribution is -2.51. The maximum atomic E-state index is 14.6. The van der Waals surface area contributed by atoms with Gasteiger partial charge in [-0.15, -0.1) is 0 Å². The molecule has 3 N–H and O–H groups in total. The molecular weight excluding hydrogens is 579 g/mol. The van der Waals surface area contributed by atoms with Crippen LogP contribution in [0.2, 0.25) is 0 Å². The Balaban J connectivity index is 1.55. The predicted octanol–water partition coefficient (Wildman–Crippen LogP) is 4.13. The lowest BCUT2D eigenvalue weighted by Gasteiger charge is -2.31. The van der Waals surface area contributed by atoms with Gasteiger partial charge in [-0.1, -0.05) is 0 Å². The van der Waals surface area contributed by atoms with Crippen LogP contribution >= 0.6 is 0 Å². The second-order valence-electron chi connectivity index (χ2n) is 10.3. The molecule has 1 aliphatic rings. The number of pyridine rings is 1. The van der Waals surface area contributed by atoms with E-state index >= 15 is 0 Å². The summed E-state index contributed by atoms with van der Waals surface area (Å²) in [7, 11) is 1.30. The molecule has 14 heteroatoms. The molecule has 2 aromatic heterocycles. The number of fused-ring (bicyclic) bond motifs is 2. The highest BCUT2D eigenvalue weighted by Crippen LogP contribution is 2.48. The first-order chi connectivity index (χ1) is 20.3. The van der Waals surface area contributed by atoms with Gasteiger partial charge in [-0.05, 0) is 49.4 Å². The molecule has 0 saturated heterocycles. The number of benzene rings is 2. The smallest absolute Gasteiger partial charge is 0.424 e. The number of nitrogens with zero attached hydrogens (tertiary/aromatic N) is 3. The van der Waals surface area contributed by atoms with Gasteiger partial charge in [-0.3, -0.25) is 4.79 Å². The van der Waals surface area contributed by atoms with Crippen molar-refractivity contribution in [2.45, 2.75) is 30.7 Å². The van der Waals surface area contributed by atoms with Crippen molar-refractivity contribution >= 4 is 16.8 Å². The fraction of sp³-hybridized carbons (Fsp3) is 0.310. The highest BCUT2D eigenvalue weighted by molar-refractivity contribution is 5.99. The number of rotatable bonds is 8. The topological polar surface area (TPSA) is 127 Å². The molecule has 2 aromatic carbocycles. The Hall–Kier alpha value is -4.43. The number of nitrogens with one attached hydrogen (secondary N) is 1. The van der Waals surface area contributed by atoms with Crippen LogP contribution in [-0.2, 0) is 17.6 Å². The molecule has 0 fully saturated rings. The Morgan fingerprint density at radius 3 is 2.51 bits per heavy atom. The normalized spacial score (nSPS) is 17.7. The molecule has 1 amide bonds. The molecule has 0 saturated carbocycles. The van der Waals surface area contributed by atoms with Crippen molar-refractivity contribution in [2.24, 2.45) is 0 Å². The van der Waals surface area contributed by atoms with E-state index in [2.05, 4.69) is 20.3 Å². The van der Waals surface area contributed by atoms with E-state index in [1.807, 2.05) is 0 Å². The summed E-state index contributed by atoms with van der Waals surface area (Å²) in [6, 6.07) is 8.15. The van der Waals surface area contributed by atoms with Crippen LogP contribution < -0.4 is 14.8 Å². The van der Waals surface area contributed by atoms with Crippen LogP contribution in [0, 0.1) is 5.82 Å². The van der Waals surface area contributed by atoms with Gasteiger partial charge < -0.3 is 25.0 Å². The van der Waals surface area contributed by atoms with Crippen molar-refractivity contribution in [1.82, 2.24) is 20.3 Å². The minimum absolute atomic E-state index is 0.0129. The van der Waals surface area contributed by atoms with Gasteiger partial charge in [0.05, 0.1) is 24.8 Å². The van der Waals surface area contributed by atoms with E-state index in [1.54, 1.807) is 0 Å². The van der Waals surface area contributed by atoms with Crippen molar-refractivity contribution in [1.29, 1.82) is 0 Å². The molecule has 0 aliphatic carbocycles. The summed E-state index contributed by atoms with van der Waals surface area (Å²) >= 11 is 0. The van der Waals surface area contributed by atoms with E-state index in [0.29, 0.717) is 5.39 Å². The molecule has 0 bridgehead atoms. The van der Waals surface area contributed by atoms with Crippen LogP contribution in [0.25, 0.3) is 22.2 Å². The standard InChI is InChI=1S/C29H25F5N4O5/c1-27(12-30)14-43-25-19(27)9-21(37-24(25)15-3-5-18(31)6-4-15)28(41,29(32,33)34)13-36-26(40)16-7-17-10-35-22(11-39)38-23(17)20(8-16)42-2/h3-10,39,41H,11-14H2,1-2H3,(H,36,40)/t27?,28-/m0/s1. The SMILES string of the molecule is COc1cc(C(=O)NC[C@](O)(c2cc3c(c(-c4ccc(F)cc4)n2)OCC3(C)CF)C(F)(F)F)cc2cnc(CO)nc12. The third-order valence-electron chi connectivity index (χ3n) is 7.29. The van der Waals surface area contributed by atoms with Gasteiger partial charge in [0.25, 0.3) is 5.91 Å². The maximum absolute atomic E-state index is 14.6. The lowest BCUT2D eigenvalue weighted by atomic mass is 9.83. The van der Waals surface area contributed by atoms with Crippen LogP contribution in [-0.4, -0.2) is 64.2 Å². The van der Waals surface area contributed by atoms with Gasteiger partial charge in [0, 0.05) is 28.3 Å².